The van der Waals surface area contributed by atoms with Crippen LogP contribution >= 0.6 is 23.1 Å². The average Bonchev–Trinajstić information content (AvgIpc) is 3.40. The van der Waals surface area contributed by atoms with Crippen molar-refractivity contribution in [2.24, 2.45) is 0 Å². The Bertz CT molecular complexity index is 993. The van der Waals surface area contributed by atoms with Crippen LogP contribution in [0.3, 0.4) is 0 Å². The average molecular weight is 386 g/mol. The molecule has 0 aliphatic rings. The smallest absolute Gasteiger partial charge is 0.205 e. The first-order valence-electron chi connectivity index (χ1n) is 8.05. The topological polar surface area (TPSA) is 56.7 Å². The molecule has 0 fully saturated rings. The third kappa shape index (κ3) is 3.42. The van der Waals surface area contributed by atoms with E-state index in [2.05, 4.69) is 26.7 Å². The van der Waals surface area contributed by atoms with Crippen LogP contribution in [0.2, 0.25) is 0 Å². The van der Waals surface area contributed by atoms with E-state index in [1.54, 1.807) is 29.7 Å². The lowest BCUT2D eigenvalue weighted by atomic mass is 10.2. The summed E-state index contributed by atoms with van der Waals surface area (Å²) in [6.07, 6.45) is 1.66. The Balaban J connectivity index is 1.49. The zero-order valence-corrected chi connectivity index (χ0v) is 15.6. The Hall–Kier alpha value is -2.45. The number of thiophene rings is 1. The molecule has 0 atom stereocenters. The highest BCUT2D eigenvalue weighted by molar-refractivity contribution is 7.98. The first-order valence-corrected chi connectivity index (χ1v) is 9.91. The number of thioether (sulfide) groups is 1. The molecule has 1 aromatic carbocycles. The summed E-state index contributed by atoms with van der Waals surface area (Å²) in [6, 6.07) is 10.2. The molecule has 0 bridgehead atoms. The van der Waals surface area contributed by atoms with Gasteiger partial charge in [-0.1, -0.05) is 17.8 Å². The minimum atomic E-state index is -0.274. The lowest BCUT2D eigenvalue weighted by molar-refractivity contribution is 0.529. The molecule has 3 heterocycles. The van der Waals surface area contributed by atoms with E-state index in [-0.39, 0.29) is 5.82 Å². The fraction of sp³-hybridized carbons (Fsp3) is 0.167. The van der Waals surface area contributed by atoms with Crippen molar-refractivity contribution in [3.8, 4) is 22.0 Å². The van der Waals surface area contributed by atoms with Crippen molar-refractivity contribution in [3.63, 3.8) is 0 Å². The minimum Gasteiger partial charge on any atom is -0.440 e. The summed E-state index contributed by atoms with van der Waals surface area (Å²) >= 11 is 3.18. The Kier molecular flexibility index (Phi) is 4.85. The number of hydrogen-bond donors (Lipinski definition) is 0. The van der Waals surface area contributed by atoms with Gasteiger partial charge in [0.2, 0.25) is 5.89 Å². The van der Waals surface area contributed by atoms with Crippen LogP contribution in [0.1, 0.15) is 12.8 Å². The van der Waals surface area contributed by atoms with Gasteiger partial charge in [-0.05, 0) is 42.6 Å². The molecule has 0 spiro atoms. The highest BCUT2D eigenvalue weighted by Crippen LogP contribution is 2.29. The van der Waals surface area contributed by atoms with Crippen molar-refractivity contribution in [1.29, 1.82) is 0 Å². The summed E-state index contributed by atoms with van der Waals surface area (Å²) < 4.78 is 20.9. The third-order valence-electron chi connectivity index (χ3n) is 3.78. The molecule has 0 N–H and O–H groups in total. The first kappa shape index (κ1) is 17.0. The molecule has 8 heteroatoms. The molecule has 4 rings (SSSR count). The van der Waals surface area contributed by atoms with Gasteiger partial charge in [-0.2, -0.15) is 0 Å². The van der Waals surface area contributed by atoms with Crippen LogP contribution in [0.15, 0.2) is 57.5 Å². The molecule has 0 saturated carbocycles. The van der Waals surface area contributed by atoms with Crippen molar-refractivity contribution in [2.75, 3.05) is 0 Å². The molecule has 0 amide bonds. The molecule has 5 nitrogen and oxygen atoms in total. The Morgan fingerprint density at radius 1 is 1.19 bits per heavy atom. The molecule has 0 radical (unpaired) electrons. The van der Waals surface area contributed by atoms with Gasteiger partial charge in [-0.25, -0.2) is 9.37 Å². The highest BCUT2D eigenvalue weighted by atomic mass is 32.2. The molecule has 3 aromatic heterocycles. The summed E-state index contributed by atoms with van der Waals surface area (Å²) in [5, 5.41) is 11.5. The van der Waals surface area contributed by atoms with Gasteiger partial charge >= 0.3 is 0 Å². The van der Waals surface area contributed by atoms with Crippen LogP contribution in [0, 0.1) is 5.82 Å². The van der Waals surface area contributed by atoms with E-state index in [0.29, 0.717) is 17.4 Å². The van der Waals surface area contributed by atoms with Crippen LogP contribution in [0.4, 0.5) is 4.39 Å². The number of hydrogen-bond acceptors (Lipinski definition) is 6. The molecule has 0 aliphatic heterocycles. The van der Waals surface area contributed by atoms with E-state index in [4.69, 9.17) is 4.42 Å². The predicted molar refractivity (Wildman–Crippen MR) is 100 cm³/mol. The number of halogens is 1. The van der Waals surface area contributed by atoms with Crippen molar-refractivity contribution in [2.45, 2.75) is 24.4 Å². The molecule has 26 heavy (non-hydrogen) atoms. The SMILES string of the molecule is CCn1c(SCc2ncc(-c3ccc(F)cc3)o2)nnc1-c1cccs1. The number of rotatable bonds is 6. The van der Waals surface area contributed by atoms with E-state index >= 15 is 0 Å². The Morgan fingerprint density at radius 2 is 2.04 bits per heavy atom. The van der Waals surface area contributed by atoms with E-state index in [1.807, 2.05) is 17.5 Å². The van der Waals surface area contributed by atoms with E-state index in [9.17, 15) is 4.39 Å². The van der Waals surface area contributed by atoms with Crippen molar-refractivity contribution in [3.05, 3.63) is 59.7 Å². The maximum Gasteiger partial charge on any atom is 0.205 e. The molecular weight excluding hydrogens is 371 g/mol. The van der Waals surface area contributed by atoms with Gasteiger partial charge in [0.15, 0.2) is 16.7 Å². The number of aromatic nitrogens is 4. The Labute approximate surface area is 157 Å². The van der Waals surface area contributed by atoms with Crippen molar-refractivity contribution in [1.82, 2.24) is 19.7 Å². The lowest BCUT2D eigenvalue weighted by Gasteiger charge is -2.04. The second-order valence-corrected chi connectivity index (χ2v) is 7.33. The maximum absolute atomic E-state index is 13.0. The second-order valence-electron chi connectivity index (χ2n) is 5.44. The normalized spacial score (nSPS) is 11.2. The standard InChI is InChI=1S/C18H15FN4OS2/c1-2-23-17(15-4-3-9-25-15)21-22-18(23)26-11-16-20-10-14(24-16)12-5-7-13(19)8-6-12/h3-10H,2,11H2,1H3. The monoisotopic (exact) mass is 386 g/mol. The summed E-state index contributed by atoms with van der Waals surface area (Å²) in [5.41, 5.74) is 0.798. The van der Waals surface area contributed by atoms with Gasteiger partial charge in [-0.15, -0.1) is 21.5 Å². The third-order valence-corrected chi connectivity index (χ3v) is 5.60. The molecule has 4 aromatic rings. The summed E-state index contributed by atoms with van der Waals surface area (Å²) in [5.74, 6) is 2.37. The predicted octanol–water partition coefficient (Wildman–Crippen LogP) is 5.11. The van der Waals surface area contributed by atoms with E-state index in [0.717, 1.165) is 28.0 Å². The number of benzene rings is 1. The highest BCUT2D eigenvalue weighted by Gasteiger charge is 2.15. The molecular formula is C18H15FN4OS2. The van der Waals surface area contributed by atoms with Gasteiger partial charge in [0.05, 0.1) is 16.8 Å². The van der Waals surface area contributed by atoms with Crippen LogP contribution in [0.5, 0.6) is 0 Å². The molecule has 0 aliphatic carbocycles. The van der Waals surface area contributed by atoms with Gasteiger partial charge in [0, 0.05) is 12.1 Å². The Morgan fingerprint density at radius 3 is 2.77 bits per heavy atom. The fourth-order valence-corrected chi connectivity index (χ4v) is 4.09. The first-order chi connectivity index (χ1) is 12.7. The largest absolute Gasteiger partial charge is 0.440 e. The van der Waals surface area contributed by atoms with Gasteiger partial charge < -0.3 is 8.98 Å². The van der Waals surface area contributed by atoms with Crippen LogP contribution in [-0.4, -0.2) is 19.7 Å². The summed E-state index contributed by atoms with van der Waals surface area (Å²) in [6.45, 7) is 2.86. The minimum absolute atomic E-state index is 0.274. The van der Waals surface area contributed by atoms with E-state index in [1.165, 1.54) is 23.9 Å². The van der Waals surface area contributed by atoms with Gasteiger partial charge in [-0.3, -0.25) is 0 Å². The lowest BCUT2D eigenvalue weighted by Crippen LogP contribution is -1.99. The number of nitrogens with zero attached hydrogens (tertiary/aromatic N) is 4. The second kappa shape index (κ2) is 7.43. The van der Waals surface area contributed by atoms with Crippen LogP contribution < -0.4 is 0 Å². The summed E-state index contributed by atoms with van der Waals surface area (Å²) in [7, 11) is 0. The number of oxazole rings is 1. The quantitative estimate of drug-likeness (QED) is 0.431. The van der Waals surface area contributed by atoms with Crippen molar-refractivity contribution < 1.29 is 8.81 Å². The van der Waals surface area contributed by atoms with Crippen molar-refractivity contribution >= 4 is 23.1 Å². The van der Waals surface area contributed by atoms with Crippen LogP contribution in [-0.2, 0) is 12.3 Å². The van der Waals surface area contributed by atoms with Gasteiger partial charge in [0.1, 0.15) is 5.82 Å². The molecule has 132 valence electrons. The zero-order valence-electron chi connectivity index (χ0n) is 13.9. The summed E-state index contributed by atoms with van der Waals surface area (Å²) in [4.78, 5) is 5.40. The van der Waals surface area contributed by atoms with E-state index < -0.39 is 0 Å². The molecule has 0 saturated heterocycles. The fourth-order valence-electron chi connectivity index (χ4n) is 2.52. The van der Waals surface area contributed by atoms with Crippen LogP contribution in [0.25, 0.3) is 22.0 Å². The maximum atomic E-state index is 13.0. The molecule has 0 unspecified atom stereocenters. The zero-order chi connectivity index (χ0) is 17.9. The van der Waals surface area contributed by atoms with Gasteiger partial charge in [0.25, 0.3) is 0 Å².